The number of urea groups is 1. The average molecular weight is 296 g/mol. The first-order valence-corrected chi connectivity index (χ1v) is 6.92. The van der Waals surface area contributed by atoms with Crippen LogP contribution >= 0.6 is 11.3 Å². The Balaban J connectivity index is 2.55. The fraction of sp³-hybridized carbons (Fsp3) is 0.500. The fourth-order valence-electron chi connectivity index (χ4n) is 1.51. The number of hydrogen-bond donors (Lipinski definition) is 2. The van der Waals surface area contributed by atoms with Gasteiger partial charge in [-0.3, -0.25) is 0 Å². The van der Waals surface area contributed by atoms with Crippen LogP contribution in [-0.2, 0) is 6.54 Å². The molecule has 2 N–H and O–H groups in total. The number of nitrogens with one attached hydrogen (secondary N) is 1. The summed E-state index contributed by atoms with van der Waals surface area (Å²) < 4.78 is 0. The molecular weight excluding hydrogens is 280 g/mol. The molecule has 2 amide bonds. The van der Waals surface area contributed by atoms with E-state index in [1.165, 1.54) is 16.7 Å². The van der Waals surface area contributed by atoms with Crippen molar-refractivity contribution in [3.05, 3.63) is 16.1 Å². The van der Waals surface area contributed by atoms with Crippen LogP contribution in [0.1, 0.15) is 35.8 Å². The number of hydrogen-bond acceptors (Lipinski definition) is 5. The summed E-state index contributed by atoms with van der Waals surface area (Å²) in [4.78, 5) is 28.1. The van der Waals surface area contributed by atoms with Gasteiger partial charge >= 0.3 is 12.0 Å². The summed E-state index contributed by atoms with van der Waals surface area (Å²) in [6.07, 6.45) is 0.270. The summed E-state index contributed by atoms with van der Waals surface area (Å²) in [5.74, 6) is -1.09. The zero-order chi connectivity index (χ0) is 15.1. The second-order valence-corrected chi connectivity index (χ2v) is 5.23. The van der Waals surface area contributed by atoms with Crippen molar-refractivity contribution in [1.29, 1.82) is 5.26 Å². The molecule has 0 bridgehead atoms. The highest BCUT2D eigenvalue weighted by atomic mass is 32.1. The summed E-state index contributed by atoms with van der Waals surface area (Å²) in [7, 11) is 0. The molecule has 1 rings (SSSR count). The number of aromatic nitrogens is 1. The molecule has 8 heteroatoms. The van der Waals surface area contributed by atoms with E-state index in [2.05, 4.69) is 10.3 Å². The third-order valence-corrected chi connectivity index (χ3v) is 3.36. The van der Waals surface area contributed by atoms with Crippen LogP contribution in [0.25, 0.3) is 0 Å². The van der Waals surface area contributed by atoms with Crippen LogP contribution in [0.2, 0.25) is 0 Å². The van der Waals surface area contributed by atoms with Crippen LogP contribution in [0.15, 0.2) is 5.38 Å². The van der Waals surface area contributed by atoms with Crippen molar-refractivity contribution >= 4 is 23.3 Å². The minimum Gasteiger partial charge on any atom is -0.476 e. The first-order valence-electron chi connectivity index (χ1n) is 6.04. The largest absolute Gasteiger partial charge is 0.476 e. The monoisotopic (exact) mass is 296 g/mol. The predicted octanol–water partition coefficient (Wildman–Crippen LogP) is 1.67. The van der Waals surface area contributed by atoms with Crippen LogP contribution in [0.5, 0.6) is 0 Å². The Morgan fingerprint density at radius 1 is 1.60 bits per heavy atom. The maximum atomic E-state index is 12.0. The zero-order valence-corrected chi connectivity index (χ0v) is 12.1. The van der Waals surface area contributed by atoms with Gasteiger partial charge in [0.1, 0.15) is 5.01 Å². The minimum atomic E-state index is -1.09. The van der Waals surface area contributed by atoms with E-state index >= 15 is 0 Å². The van der Waals surface area contributed by atoms with Gasteiger partial charge in [-0.25, -0.2) is 14.6 Å². The van der Waals surface area contributed by atoms with Crippen LogP contribution in [0.4, 0.5) is 4.79 Å². The van der Waals surface area contributed by atoms with Gasteiger partial charge in [-0.2, -0.15) is 5.26 Å². The summed E-state index contributed by atoms with van der Waals surface area (Å²) in [5, 5.41) is 22.0. The van der Waals surface area contributed by atoms with Gasteiger partial charge in [0.15, 0.2) is 5.69 Å². The molecule has 0 spiro atoms. The Morgan fingerprint density at radius 3 is 2.80 bits per heavy atom. The molecule has 0 saturated carbocycles. The van der Waals surface area contributed by atoms with E-state index in [1.807, 2.05) is 19.9 Å². The molecule has 0 unspecified atom stereocenters. The standard InChI is InChI=1S/C12H16N4O3S/c1-8(2)16(5-3-4-13)12(19)14-6-10-15-9(7-20-10)11(17)18/h7-8H,3,5-6H2,1-2H3,(H,14,19)(H,17,18). The molecule has 0 radical (unpaired) electrons. The van der Waals surface area contributed by atoms with Crippen LogP contribution < -0.4 is 5.32 Å². The van der Waals surface area contributed by atoms with Crippen molar-refractivity contribution in [1.82, 2.24) is 15.2 Å². The minimum absolute atomic E-state index is 0.0192. The van der Waals surface area contributed by atoms with E-state index in [0.29, 0.717) is 11.6 Å². The maximum Gasteiger partial charge on any atom is 0.355 e. The molecule has 7 nitrogen and oxygen atoms in total. The number of nitriles is 1. The average Bonchev–Trinajstić information content (AvgIpc) is 2.85. The highest BCUT2D eigenvalue weighted by molar-refractivity contribution is 7.09. The Kier molecular flexibility index (Phi) is 5.93. The van der Waals surface area contributed by atoms with Crippen molar-refractivity contribution < 1.29 is 14.7 Å². The lowest BCUT2D eigenvalue weighted by molar-refractivity contribution is 0.0691. The van der Waals surface area contributed by atoms with Gasteiger partial charge in [-0.15, -0.1) is 11.3 Å². The third kappa shape index (κ3) is 4.51. The van der Waals surface area contributed by atoms with E-state index in [0.717, 1.165) is 0 Å². The number of carbonyl (C=O) groups excluding carboxylic acids is 1. The smallest absolute Gasteiger partial charge is 0.355 e. The quantitative estimate of drug-likeness (QED) is 0.830. The van der Waals surface area contributed by atoms with Crippen molar-refractivity contribution in [2.45, 2.75) is 32.9 Å². The third-order valence-electron chi connectivity index (χ3n) is 2.51. The Hall–Kier alpha value is -2.14. The Labute approximate surface area is 120 Å². The lowest BCUT2D eigenvalue weighted by Crippen LogP contribution is -2.44. The normalized spacial score (nSPS) is 10.1. The topological polar surface area (TPSA) is 106 Å². The first kappa shape index (κ1) is 15.9. The Morgan fingerprint density at radius 2 is 2.30 bits per heavy atom. The predicted molar refractivity (Wildman–Crippen MR) is 73.4 cm³/mol. The molecule has 108 valence electrons. The second kappa shape index (κ2) is 7.45. The van der Waals surface area contributed by atoms with E-state index in [9.17, 15) is 9.59 Å². The number of rotatable bonds is 6. The molecule has 20 heavy (non-hydrogen) atoms. The summed E-state index contributed by atoms with van der Waals surface area (Å²) in [6.45, 7) is 4.26. The maximum absolute atomic E-state index is 12.0. The lowest BCUT2D eigenvalue weighted by Gasteiger charge is -2.25. The molecule has 1 heterocycles. The molecular formula is C12H16N4O3S. The number of carbonyl (C=O) groups is 2. The molecule has 0 aromatic carbocycles. The SMILES string of the molecule is CC(C)N(CCC#N)C(=O)NCc1nc(C(=O)O)cs1. The van der Waals surface area contributed by atoms with Gasteiger partial charge in [0.05, 0.1) is 19.0 Å². The van der Waals surface area contributed by atoms with Gasteiger partial charge < -0.3 is 15.3 Å². The molecule has 1 aromatic rings. The Bertz CT molecular complexity index is 521. The molecule has 0 aliphatic heterocycles. The zero-order valence-electron chi connectivity index (χ0n) is 11.3. The van der Waals surface area contributed by atoms with Crippen molar-refractivity contribution in [2.75, 3.05) is 6.54 Å². The van der Waals surface area contributed by atoms with E-state index in [-0.39, 0.29) is 30.7 Å². The molecule has 1 aromatic heterocycles. The molecule has 0 aliphatic rings. The van der Waals surface area contributed by atoms with E-state index < -0.39 is 5.97 Å². The van der Waals surface area contributed by atoms with Crippen molar-refractivity contribution in [3.8, 4) is 6.07 Å². The molecule has 0 aliphatic carbocycles. The number of carboxylic acid groups (broad SMARTS) is 1. The molecule has 0 saturated heterocycles. The first-order chi connectivity index (χ1) is 9.45. The van der Waals surface area contributed by atoms with E-state index in [4.69, 9.17) is 10.4 Å². The van der Waals surface area contributed by atoms with Gasteiger partial charge in [0, 0.05) is 18.0 Å². The fourth-order valence-corrected chi connectivity index (χ4v) is 2.22. The van der Waals surface area contributed by atoms with Crippen LogP contribution in [0, 0.1) is 11.3 Å². The van der Waals surface area contributed by atoms with Gasteiger partial charge in [-0.1, -0.05) is 0 Å². The highest BCUT2D eigenvalue weighted by Crippen LogP contribution is 2.10. The second-order valence-electron chi connectivity index (χ2n) is 4.29. The lowest BCUT2D eigenvalue weighted by atomic mass is 10.3. The number of carboxylic acids is 1. The summed E-state index contributed by atoms with van der Waals surface area (Å²) in [6, 6.07) is 1.69. The van der Waals surface area contributed by atoms with Gasteiger partial charge in [0.2, 0.25) is 0 Å². The van der Waals surface area contributed by atoms with E-state index in [1.54, 1.807) is 4.90 Å². The number of amides is 2. The van der Waals surface area contributed by atoms with Gasteiger partial charge in [-0.05, 0) is 13.8 Å². The molecule has 0 atom stereocenters. The van der Waals surface area contributed by atoms with Crippen molar-refractivity contribution in [3.63, 3.8) is 0 Å². The summed E-state index contributed by atoms with van der Waals surface area (Å²) >= 11 is 1.18. The highest BCUT2D eigenvalue weighted by Gasteiger charge is 2.17. The number of aromatic carboxylic acids is 1. The summed E-state index contributed by atoms with van der Waals surface area (Å²) in [5.41, 5.74) is -0.0237. The van der Waals surface area contributed by atoms with Gasteiger partial charge in [0.25, 0.3) is 0 Å². The number of nitrogens with zero attached hydrogens (tertiary/aromatic N) is 3. The number of thiazole rings is 1. The van der Waals surface area contributed by atoms with Crippen LogP contribution in [-0.4, -0.2) is 39.6 Å². The van der Waals surface area contributed by atoms with Crippen LogP contribution in [0.3, 0.4) is 0 Å². The van der Waals surface area contributed by atoms with Crippen molar-refractivity contribution in [2.24, 2.45) is 0 Å². The molecule has 0 fully saturated rings.